The molecule has 1 amide bonds. The SMILES string of the molecule is COc1cc2ccccc2cc1C(=O)Nc1cccc([N+](=O)[O-])c1. The smallest absolute Gasteiger partial charge is 0.271 e. The molecule has 6 nitrogen and oxygen atoms in total. The number of hydrogen-bond acceptors (Lipinski definition) is 4. The molecule has 0 fully saturated rings. The van der Waals surface area contributed by atoms with Crippen LogP contribution < -0.4 is 10.1 Å². The van der Waals surface area contributed by atoms with Crippen LogP contribution in [0.5, 0.6) is 5.75 Å². The van der Waals surface area contributed by atoms with Crippen LogP contribution in [0.1, 0.15) is 10.4 Å². The van der Waals surface area contributed by atoms with Crippen molar-refractivity contribution < 1.29 is 14.5 Å². The number of methoxy groups -OCH3 is 1. The number of hydrogen-bond donors (Lipinski definition) is 1. The maximum atomic E-state index is 12.6. The number of benzene rings is 3. The van der Waals surface area contributed by atoms with Gasteiger partial charge in [-0.3, -0.25) is 14.9 Å². The third kappa shape index (κ3) is 3.03. The quantitative estimate of drug-likeness (QED) is 0.581. The summed E-state index contributed by atoms with van der Waals surface area (Å²) in [5.41, 5.74) is 0.630. The van der Waals surface area contributed by atoms with E-state index in [-0.39, 0.29) is 5.69 Å². The van der Waals surface area contributed by atoms with E-state index in [0.717, 1.165) is 10.8 Å². The Morgan fingerprint density at radius 2 is 1.75 bits per heavy atom. The van der Waals surface area contributed by atoms with Crippen molar-refractivity contribution in [3.8, 4) is 5.75 Å². The van der Waals surface area contributed by atoms with Crippen LogP contribution in [0, 0.1) is 10.1 Å². The maximum absolute atomic E-state index is 12.6. The van der Waals surface area contributed by atoms with Crippen molar-refractivity contribution in [3.63, 3.8) is 0 Å². The molecular formula is C18H14N2O4. The van der Waals surface area contributed by atoms with Crippen molar-refractivity contribution in [1.29, 1.82) is 0 Å². The number of non-ortho nitro benzene ring substituents is 1. The standard InChI is InChI=1S/C18H14N2O4/c1-24-17-10-13-6-3-2-5-12(13)9-16(17)18(21)19-14-7-4-8-15(11-14)20(22)23/h2-11H,1H3,(H,19,21). The van der Waals surface area contributed by atoms with Gasteiger partial charge >= 0.3 is 0 Å². The second-order valence-corrected chi connectivity index (χ2v) is 5.16. The predicted molar refractivity (Wildman–Crippen MR) is 91.5 cm³/mol. The number of nitrogens with zero attached hydrogens (tertiary/aromatic N) is 1. The van der Waals surface area contributed by atoms with Crippen LogP contribution in [0.25, 0.3) is 10.8 Å². The zero-order valence-corrected chi connectivity index (χ0v) is 12.9. The lowest BCUT2D eigenvalue weighted by molar-refractivity contribution is -0.384. The molecule has 0 atom stereocenters. The van der Waals surface area contributed by atoms with Crippen LogP contribution in [0.4, 0.5) is 11.4 Å². The van der Waals surface area contributed by atoms with E-state index in [0.29, 0.717) is 17.0 Å². The molecule has 24 heavy (non-hydrogen) atoms. The summed E-state index contributed by atoms with van der Waals surface area (Å²) in [7, 11) is 1.49. The third-order valence-corrected chi connectivity index (χ3v) is 3.63. The Balaban J connectivity index is 1.96. The summed E-state index contributed by atoms with van der Waals surface area (Å²) in [5.74, 6) is 0.0507. The van der Waals surface area contributed by atoms with Crippen LogP contribution in [-0.4, -0.2) is 17.9 Å². The van der Waals surface area contributed by atoms with Gasteiger partial charge in [0.15, 0.2) is 0 Å². The van der Waals surface area contributed by atoms with Gasteiger partial charge in [-0.1, -0.05) is 30.3 Å². The second-order valence-electron chi connectivity index (χ2n) is 5.16. The molecule has 0 aliphatic rings. The van der Waals surface area contributed by atoms with Gasteiger partial charge in [-0.05, 0) is 29.0 Å². The molecule has 3 aromatic rings. The molecule has 0 spiro atoms. The molecule has 0 bridgehead atoms. The highest BCUT2D eigenvalue weighted by Gasteiger charge is 2.15. The zero-order chi connectivity index (χ0) is 17.1. The number of ether oxygens (including phenoxy) is 1. The summed E-state index contributed by atoms with van der Waals surface area (Å²) < 4.78 is 5.31. The summed E-state index contributed by atoms with van der Waals surface area (Å²) >= 11 is 0. The second kappa shape index (κ2) is 6.37. The first kappa shape index (κ1) is 15.5. The van der Waals surface area contributed by atoms with E-state index in [1.807, 2.05) is 24.3 Å². The Kier molecular flexibility index (Phi) is 4.11. The van der Waals surface area contributed by atoms with Gasteiger partial charge in [0.25, 0.3) is 11.6 Å². The Morgan fingerprint density at radius 3 is 2.42 bits per heavy atom. The van der Waals surface area contributed by atoms with Crippen LogP contribution in [0.15, 0.2) is 60.7 Å². The van der Waals surface area contributed by atoms with E-state index < -0.39 is 10.8 Å². The number of amides is 1. The van der Waals surface area contributed by atoms with E-state index in [4.69, 9.17) is 4.74 Å². The van der Waals surface area contributed by atoms with Gasteiger partial charge in [0.2, 0.25) is 0 Å². The van der Waals surface area contributed by atoms with Gasteiger partial charge in [0.05, 0.1) is 17.6 Å². The van der Waals surface area contributed by atoms with Gasteiger partial charge in [-0.2, -0.15) is 0 Å². The molecule has 3 aromatic carbocycles. The first-order valence-electron chi connectivity index (χ1n) is 7.21. The Labute approximate surface area is 137 Å². The Hall–Kier alpha value is -3.41. The lowest BCUT2D eigenvalue weighted by Gasteiger charge is -2.11. The van der Waals surface area contributed by atoms with Gasteiger partial charge in [0, 0.05) is 17.8 Å². The average molecular weight is 322 g/mol. The maximum Gasteiger partial charge on any atom is 0.271 e. The van der Waals surface area contributed by atoms with Crippen molar-refractivity contribution in [2.45, 2.75) is 0 Å². The van der Waals surface area contributed by atoms with Gasteiger partial charge in [-0.15, -0.1) is 0 Å². The molecule has 0 aromatic heterocycles. The molecule has 0 heterocycles. The van der Waals surface area contributed by atoms with Crippen LogP contribution in [-0.2, 0) is 0 Å². The molecule has 0 saturated carbocycles. The minimum atomic E-state index is -0.508. The van der Waals surface area contributed by atoms with Crippen LogP contribution in [0.2, 0.25) is 0 Å². The number of nitrogens with one attached hydrogen (secondary N) is 1. The fourth-order valence-electron chi connectivity index (χ4n) is 2.46. The van der Waals surface area contributed by atoms with Crippen LogP contribution in [0.3, 0.4) is 0 Å². The highest BCUT2D eigenvalue weighted by molar-refractivity contribution is 6.08. The lowest BCUT2D eigenvalue weighted by atomic mass is 10.1. The number of rotatable bonds is 4. The molecule has 6 heteroatoms. The number of nitro groups is 1. The molecule has 120 valence electrons. The highest BCUT2D eigenvalue weighted by atomic mass is 16.6. The topological polar surface area (TPSA) is 81.5 Å². The van der Waals surface area contributed by atoms with E-state index in [2.05, 4.69) is 5.32 Å². The zero-order valence-electron chi connectivity index (χ0n) is 12.9. The monoisotopic (exact) mass is 322 g/mol. The van der Waals surface area contributed by atoms with E-state index in [1.165, 1.54) is 25.3 Å². The van der Waals surface area contributed by atoms with Gasteiger partial charge in [-0.25, -0.2) is 0 Å². The minimum Gasteiger partial charge on any atom is -0.496 e. The number of carbonyl (C=O) groups excluding carboxylic acids is 1. The molecule has 0 aliphatic carbocycles. The summed E-state index contributed by atoms with van der Waals surface area (Å²) in [6.07, 6.45) is 0. The minimum absolute atomic E-state index is 0.0849. The normalized spacial score (nSPS) is 10.4. The summed E-state index contributed by atoms with van der Waals surface area (Å²) in [5, 5.41) is 15.4. The molecule has 0 aliphatic heterocycles. The molecule has 1 N–H and O–H groups in total. The van der Waals surface area contributed by atoms with Crippen molar-refractivity contribution >= 4 is 28.1 Å². The van der Waals surface area contributed by atoms with Gasteiger partial charge in [0.1, 0.15) is 5.75 Å². The predicted octanol–water partition coefficient (Wildman–Crippen LogP) is 4.01. The Bertz CT molecular complexity index is 937. The van der Waals surface area contributed by atoms with E-state index in [9.17, 15) is 14.9 Å². The fraction of sp³-hybridized carbons (Fsp3) is 0.0556. The van der Waals surface area contributed by atoms with Crippen molar-refractivity contribution in [2.75, 3.05) is 12.4 Å². The fourth-order valence-corrected chi connectivity index (χ4v) is 2.46. The van der Waals surface area contributed by atoms with E-state index >= 15 is 0 Å². The first-order chi connectivity index (χ1) is 11.6. The van der Waals surface area contributed by atoms with E-state index in [1.54, 1.807) is 18.2 Å². The number of nitro benzene ring substituents is 1. The van der Waals surface area contributed by atoms with Crippen molar-refractivity contribution in [1.82, 2.24) is 0 Å². The average Bonchev–Trinajstić information content (AvgIpc) is 2.60. The van der Waals surface area contributed by atoms with Gasteiger partial charge < -0.3 is 10.1 Å². The van der Waals surface area contributed by atoms with Crippen LogP contribution >= 0.6 is 0 Å². The third-order valence-electron chi connectivity index (χ3n) is 3.63. The number of carbonyl (C=O) groups is 1. The largest absolute Gasteiger partial charge is 0.496 e. The van der Waals surface area contributed by atoms with Crippen molar-refractivity contribution in [3.05, 3.63) is 76.3 Å². The first-order valence-corrected chi connectivity index (χ1v) is 7.21. The molecule has 3 rings (SSSR count). The highest BCUT2D eigenvalue weighted by Crippen LogP contribution is 2.27. The number of fused-ring (bicyclic) bond motifs is 1. The summed E-state index contributed by atoms with van der Waals surface area (Å²) in [6.45, 7) is 0. The van der Waals surface area contributed by atoms with Crippen molar-refractivity contribution in [2.24, 2.45) is 0 Å². The molecule has 0 saturated heterocycles. The molecular weight excluding hydrogens is 308 g/mol. The molecule has 0 radical (unpaired) electrons. The number of anilines is 1. The Morgan fingerprint density at radius 1 is 1.04 bits per heavy atom. The lowest BCUT2D eigenvalue weighted by Crippen LogP contribution is -2.13. The molecule has 0 unspecified atom stereocenters. The summed E-state index contributed by atoms with van der Waals surface area (Å²) in [4.78, 5) is 22.9. The summed E-state index contributed by atoms with van der Waals surface area (Å²) in [6, 6.07) is 16.9.